The van der Waals surface area contributed by atoms with Crippen LogP contribution in [0.1, 0.15) is 50.7 Å². The summed E-state index contributed by atoms with van der Waals surface area (Å²) < 4.78 is 0. The molecular weight excluding hydrogens is 474 g/mol. The third-order valence-electron chi connectivity index (χ3n) is 7.57. The largest absolute Gasteiger partial charge is 0.195 e. The molecule has 5 aromatic rings. The molecule has 0 fully saturated rings. The average Bonchev–Trinajstić information content (AvgIpc) is 2.96. The van der Waals surface area contributed by atoms with Crippen molar-refractivity contribution in [3.8, 4) is 0 Å². The van der Waals surface area contributed by atoms with Crippen molar-refractivity contribution >= 4 is 42.5 Å². The van der Waals surface area contributed by atoms with Crippen LogP contribution in [0.15, 0.2) is 140 Å². The van der Waals surface area contributed by atoms with Gasteiger partial charge in [0.2, 0.25) is 0 Å². The Labute approximate surface area is 232 Å². The molecule has 5 aromatic carbocycles. The third kappa shape index (κ3) is 6.17. The normalized spacial score (nSPS) is 11.3. The van der Waals surface area contributed by atoms with Gasteiger partial charge in [0.05, 0.1) is 5.30 Å². The van der Waals surface area contributed by atoms with Crippen LogP contribution in [0.3, 0.4) is 0 Å². The van der Waals surface area contributed by atoms with Crippen LogP contribution in [0.2, 0.25) is 0 Å². The van der Waals surface area contributed by atoms with Crippen LogP contribution in [-0.2, 0) is 0 Å². The molecule has 2 heteroatoms. The second-order valence-corrected chi connectivity index (χ2v) is 11.6. The summed E-state index contributed by atoms with van der Waals surface area (Å²) in [5.74, 6) is 1.28. The molecule has 0 aliphatic rings. The molecule has 0 heterocycles. The van der Waals surface area contributed by atoms with E-state index in [1.165, 1.54) is 38.3 Å². The minimum atomic E-state index is -1.22. The Morgan fingerprint density at radius 1 is 0.421 bits per heavy atom. The molecular formula is C36H40BP. The highest BCUT2D eigenvalue weighted by Gasteiger charge is 2.31. The Hall–Kier alpha value is -3.41. The maximum atomic E-state index is 2.34. The smallest absolute Gasteiger partial charge is 0.108 e. The standard InChI is InChI=1S/C24H20B.C12H19P/c1-5-13-21(14-6-1)25(22-15-7-2-8-16-22,23-17-9-3-10-18-23)24-19-11-4-12-20-24;1-8(2)10-5-11(9(3)4)7-12(13)6-10/h1-20H;5-9H,13H2,1-4H3/q-1;/p+1. The molecule has 0 nitrogen and oxygen atoms in total. The quantitative estimate of drug-likeness (QED) is 0.186. The Bertz CT molecular complexity index is 1210. The lowest BCUT2D eigenvalue weighted by molar-refractivity contribution is 0.836. The van der Waals surface area contributed by atoms with Crippen molar-refractivity contribution in [2.75, 3.05) is 0 Å². The van der Waals surface area contributed by atoms with Gasteiger partial charge in [-0.2, -0.15) is 21.9 Å². The van der Waals surface area contributed by atoms with Crippen LogP contribution in [0.25, 0.3) is 0 Å². The van der Waals surface area contributed by atoms with E-state index in [4.69, 9.17) is 0 Å². The monoisotopic (exact) mass is 514 g/mol. The van der Waals surface area contributed by atoms with E-state index in [-0.39, 0.29) is 0 Å². The van der Waals surface area contributed by atoms with Gasteiger partial charge in [-0.25, -0.2) is 0 Å². The van der Waals surface area contributed by atoms with Crippen molar-refractivity contribution in [2.24, 2.45) is 0 Å². The van der Waals surface area contributed by atoms with Crippen LogP contribution in [0, 0.1) is 0 Å². The Morgan fingerprint density at radius 3 is 0.921 bits per heavy atom. The molecule has 0 N–H and O–H groups in total. The lowest BCUT2D eigenvalue weighted by atomic mass is 9.13. The maximum Gasteiger partial charge on any atom is 0.108 e. The first-order chi connectivity index (χ1) is 18.4. The number of hydrogen-bond acceptors (Lipinski definition) is 0. The van der Waals surface area contributed by atoms with Crippen LogP contribution >= 0.6 is 9.24 Å². The number of rotatable bonds is 6. The maximum absolute atomic E-state index is 2.34. The molecule has 0 aromatic heterocycles. The minimum absolute atomic E-state index is 0.641. The lowest BCUT2D eigenvalue weighted by Gasteiger charge is -2.44. The highest BCUT2D eigenvalue weighted by Crippen LogP contribution is 2.20. The van der Waals surface area contributed by atoms with E-state index in [2.05, 4.69) is 167 Å². The van der Waals surface area contributed by atoms with Gasteiger partial charge in [-0.05, 0) is 35.1 Å². The first-order valence-corrected chi connectivity index (χ1v) is 14.5. The van der Waals surface area contributed by atoms with Gasteiger partial charge >= 0.3 is 0 Å². The Kier molecular flexibility index (Phi) is 9.38. The highest BCUT2D eigenvalue weighted by atomic mass is 31.0. The molecule has 0 bridgehead atoms. The molecule has 0 aliphatic heterocycles. The summed E-state index contributed by atoms with van der Waals surface area (Å²) in [6, 6.07) is 50.5. The van der Waals surface area contributed by atoms with Crippen molar-refractivity contribution < 1.29 is 0 Å². The van der Waals surface area contributed by atoms with Crippen LogP contribution in [0.4, 0.5) is 0 Å². The minimum Gasteiger partial charge on any atom is -0.195 e. The van der Waals surface area contributed by atoms with Gasteiger partial charge in [0.1, 0.15) is 6.15 Å². The molecule has 192 valence electrons. The van der Waals surface area contributed by atoms with Gasteiger partial charge in [-0.1, -0.05) is 155 Å². The molecule has 0 amide bonds. The number of hydrogen-bond donors (Lipinski definition) is 0. The summed E-state index contributed by atoms with van der Waals surface area (Å²) in [6.45, 7) is 9.01. The summed E-state index contributed by atoms with van der Waals surface area (Å²) in [5, 5.41) is 1.41. The predicted octanol–water partition coefficient (Wildman–Crippen LogP) is 6.23. The zero-order valence-electron chi connectivity index (χ0n) is 23.2. The average molecular weight is 515 g/mol. The molecule has 0 saturated carbocycles. The van der Waals surface area contributed by atoms with Crippen molar-refractivity contribution in [3.63, 3.8) is 0 Å². The van der Waals surface area contributed by atoms with Gasteiger partial charge in [0.15, 0.2) is 0 Å². The second-order valence-electron chi connectivity index (χ2n) is 10.8. The van der Waals surface area contributed by atoms with Crippen LogP contribution in [0.5, 0.6) is 0 Å². The summed E-state index contributed by atoms with van der Waals surface area (Å²) >= 11 is 0. The van der Waals surface area contributed by atoms with Crippen molar-refractivity contribution in [3.05, 3.63) is 151 Å². The molecule has 0 radical (unpaired) electrons. The van der Waals surface area contributed by atoms with Gasteiger partial charge in [0.25, 0.3) is 0 Å². The molecule has 1 atom stereocenters. The summed E-state index contributed by atoms with van der Waals surface area (Å²) in [5.41, 5.74) is 8.29. The lowest BCUT2D eigenvalue weighted by Crippen LogP contribution is -2.74. The van der Waals surface area contributed by atoms with Gasteiger partial charge in [-0.15, -0.1) is 0 Å². The molecule has 0 saturated heterocycles. The van der Waals surface area contributed by atoms with Crippen LogP contribution < -0.4 is 27.2 Å². The first-order valence-electron chi connectivity index (χ1n) is 13.8. The second kappa shape index (κ2) is 12.9. The SMILES string of the molecule is CC(C)c1cc([PH3+])cc(C(C)C)c1.c1ccc([B-](c2ccccc2)(c2ccccc2)c2ccccc2)cc1. The van der Waals surface area contributed by atoms with Gasteiger partial charge < -0.3 is 0 Å². The molecule has 1 unspecified atom stereocenters. The summed E-state index contributed by atoms with van der Waals surface area (Å²) in [6.07, 6.45) is -1.22. The topological polar surface area (TPSA) is 0 Å². The first kappa shape index (κ1) is 27.6. The fraction of sp³-hybridized carbons (Fsp3) is 0.167. The van der Waals surface area contributed by atoms with E-state index in [0.717, 1.165) is 0 Å². The zero-order valence-corrected chi connectivity index (χ0v) is 24.6. The Balaban J connectivity index is 0.000000219. The predicted molar refractivity (Wildman–Crippen MR) is 175 cm³/mol. The fourth-order valence-electron chi connectivity index (χ4n) is 5.53. The van der Waals surface area contributed by atoms with Gasteiger partial charge in [0, 0.05) is 9.24 Å². The molecule has 38 heavy (non-hydrogen) atoms. The van der Waals surface area contributed by atoms with Crippen molar-refractivity contribution in [1.82, 2.24) is 0 Å². The van der Waals surface area contributed by atoms with Gasteiger partial charge in [-0.3, -0.25) is 0 Å². The van der Waals surface area contributed by atoms with Crippen LogP contribution in [-0.4, -0.2) is 6.15 Å². The molecule has 5 rings (SSSR count). The van der Waals surface area contributed by atoms with E-state index in [1.807, 2.05) is 9.24 Å². The van der Waals surface area contributed by atoms with E-state index in [9.17, 15) is 0 Å². The fourth-order valence-corrected chi connectivity index (χ4v) is 6.01. The molecule has 0 aliphatic carbocycles. The van der Waals surface area contributed by atoms with Crippen molar-refractivity contribution in [2.45, 2.75) is 39.5 Å². The van der Waals surface area contributed by atoms with E-state index >= 15 is 0 Å². The summed E-state index contributed by atoms with van der Waals surface area (Å²) in [7, 11) is 1.98. The molecule has 0 spiro atoms. The zero-order chi connectivity index (χ0) is 27.0. The van der Waals surface area contributed by atoms with E-state index < -0.39 is 6.15 Å². The number of benzene rings is 5. The third-order valence-corrected chi connectivity index (χ3v) is 7.98. The van der Waals surface area contributed by atoms with E-state index in [0.29, 0.717) is 11.8 Å². The van der Waals surface area contributed by atoms with E-state index in [1.54, 1.807) is 0 Å². The Morgan fingerprint density at radius 2 is 0.684 bits per heavy atom. The highest BCUT2D eigenvalue weighted by molar-refractivity contribution is 7.27. The summed E-state index contributed by atoms with van der Waals surface area (Å²) in [4.78, 5) is 0. The van der Waals surface area contributed by atoms with Crippen molar-refractivity contribution in [1.29, 1.82) is 0 Å².